The van der Waals surface area contributed by atoms with Crippen LogP contribution < -0.4 is 0 Å². The Hall–Kier alpha value is -2.61. The Kier molecular flexibility index (Phi) is 6.51. The zero-order chi connectivity index (χ0) is 23.8. The Bertz CT molecular complexity index is 1340. The second kappa shape index (κ2) is 9.56. The first-order valence-corrected chi connectivity index (χ1v) is 12.1. The molecule has 0 saturated heterocycles. The molecule has 1 fully saturated rings. The van der Waals surface area contributed by atoms with Crippen molar-refractivity contribution in [2.45, 2.75) is 45.3 Å². The Morgan fingerprint density at radius 3 is 2.68 bits per heavy atom. The van der Waals surface area contributed by atoms with Gasteiger partial charge in [0.1, 0.15) is 23.3 Å². The molecule has 4 aromatic heterocycles. The first-order chi connectivity index (χ1) is 16.4. The minimum Gasteiger partial charge on any atom is -0.380 e. The molecule has 0 radical (unpaired) electrons. The van der Waals surface area contributed by atoms with Gasteiger partial charge in [-0.1, -0.05) is 31.4 Å². The predicted octanol–water partition coefficient (Wildman–Crippen LogP) is 6.24. The van der Waals surface area contributed by atoms with Gasteiger partial charge in [-0.05, 0) is 60.5 Å². The van der Waals surface area contributed by atoms with Gasteiger partial charge >= 0.3 is 0 Å². The van der Waals surface area contributed by atoms with E-state index in [0.717, 1.165) is 25.7 Å². The van der Waals surface area contributed by atoms with Crippen LogP contribution in [0, 0.1) is 17.7 Å². The molecule has 0 bridgehead atoms. The minimum atomic E-state index is -1.28. The molecule has 0 aromatic carbocycles. The summed E-state index contributed by atoms with van der Waals surface area (Å²) in [6, 6.07) is 6.30. The summed E-state index contributed by atoms with van der Waals surface area (Å²) in [6.07, 6.45) is 7.88. The highest BCUT2D eigenvalue weighted by molar-refractivity contribution is 6.31. The van der Waals surface area contributed by atoms with Crippen LogP contribution in [-0.2, 0) is 6.54 Å². The molecule has 0 aliphatic heterocycles. The molecule has 4 heterocycles. The first-order valence-electron chi connectivity index (χ1n) is 11.4. The zero-order valence-electron chi connectivity index (χ0n) is 18.6. The Labute approximate surface area is 206 Å². The van der Waals surface area contributed by atoms with Crippen LogP contribution in [0.1, 0.15) is 50.1 Å². The molecule has 0 amide bonds. The summed E-state index contributed by atoms with van der Waals surface area (Å²) in [6.45, 7) is 2.92. The lowest BCUT2D eigenvalue weighted by molar-refractivity contribution is 0.194. The molecule has 1 unspecified atom stereocenters. The Balaban J connectivity index is 1.71. The highest BCUT2D eigenvalue weighted by Gasteiger charge is 2.27. The third-order valence-electron chi connectivity index (χ3n) is 6.63. The lowest BCUT2D eigenvalue weighted by atomic mass is 9.83. The van der Waals surface area contributed by atoms with Crippen LogP contribution in [0.15, 0.2) is 42.9 Å². The molecule has 1 aliphatic rings. The van der Waals surface area contributed by atoms with Gasteiger partial charge in [-0.15, -0.1) is 0 Å². The van der Waals surface area contributed by atoms with Crippen molar-refractivity contribution in [1.82, 2.24) is 24.5 Å². The van der Waals surface area contributed by atoms with E-state index in [1.54, 1.807) is 24.5 Å². The Morgan fingerprint density at radius 1 is 1.15 bits per heavy atom. The number of hydrogen-bond donors (Lipinski definition) is 1. The van der Waals surface area contributed by atoms with E-state index in [9.17, 15) is 9.50 Å². The number of aliphatic hydroxyl groups excluding tert-OH is 1. The van der Waals surface area contributed by atoms with Crippen LogP contribution in [0.5, 0.6) is 0 Å². The number of hydrogen-bond acceptors (Lipinski definition) is 5. The molecule has 1 aliphatic carbocycles. The number of fused-ring (bicyclic) bond motifs is 1. The molecular formula is C25H24Cl2FN5O. The van der Waals surface area contributed by atoms with Crippen LogP contribution in [0.25, 0.3) is 22.3 Å². The fraction of sp³-hybridized carbons (Fsp3) is 0.360. The summed E-state index contributed by atoms with van der Waals surface area (Å²) in [7, 11) is 0. The van der Waals surface area contributed by atoms with Gasteiger partial charge in [0.2, 0.25) is 5.28 Å². The van der Waals surface area contributed by atoms with Crippen LogP contribution >= 0.6 is 23.2 Å². The van der Waals surface area contributed by atoms with Crippen molar-refractivity contribution < 1.29 is 9.50 Å². The summed E-state index contributed by atoms with van der Waals surface area (Å²) in [5.41, 5.74) is 2.98. The second-order valence-electron chi connectivity index (χ2n) is 9.05. The van der Waals surface area contributed by atoms with Crippen molar-refractivity contribution in [3.8, 4) is 11.3 Å². The smallest absolute Gasteiger partial charge is 0.223 e. The van der Waals surface area contributed by atoms with Crippen molar-refractivity contribution in [2.75, 3.05) is 0 Å². The van der Waals surface area contributed by atoms with Gasteiger partial charge in [-0.25, -0.2) is 14.4 Å². The molecule has 5 rings (SSSR count). The molecule has 176 valence electrons. The summed E-state index contributed by atoms with van der Waals surface area (Å²) in [4.78, 5) is 17.2. The van der Waals surface area contributed by atoms with Crippen molar-refractivity contribution in [2.24, 2.45) is 11.8 Å². The molecule has 0 spiro atoms. The van der Waals surface area contributed by atoms with E-state index in [1.165, 1.54) is 18.3 Å². The predicted molar refractivity (Wildman–Crippen MR) is 130 cm³/mol. The van der Waals surface area contributed by atoms with Crippen LogP contribution in [0.2, 0.25) is 10.3 Å². The maximum absolute atomic E-state index is 14.6. The summed E-state index contributed by atoms with van der Waals surface area (Å²) >= 11 is 12.5. The first kappa shape index (κ1) is 23.1. The summed E-state index contributed by atoms with van der Waals surface area (Å²) in [5, 5.41) is 11.8. The standard InChI is InChI=1S/C25H24Cl2FN5O/c1-14-4-6-15(7-5-14)13-33-20(24(34)22-18(28)3-2-8-30-22)10-19-23(33)21(32-25(27)31-19)16-9-17(26)12-29-11-16/h2-3,8-12,14-15,24,34H,4-7,13H2,1H3. The van der Waals surface area contributed by atoms with Gasteiger partial charge in [0.05, 0.1) is 21.7 Å². The highest BCUT2D eigenvalue weighted by Crippen LogP contribution is 2.37. The lowest BCUT2D eigenvalue weighted by Gasteiger charge is -2.28. The summed E-state index contributed by atoms with van der Waals surface area (Å²) in [5.74, 6) is 0.551. The molecule has 4 aromatic rings. The van der Waals surface area contributed by atoms with Gasteiger partial charge in [0, 0.05) is 30.7 Å². The third-order valence-corrected chi connectivity index (χ3v) is 7.01. The van der Waals surface area contributed by atoms with Gasteiger partial charge in [0.15, 0.2) is 0 Å². The van der Waals surface area contributed by atoms with E-state index >= 15 is 0 Å². The van der Waals surface area contributed by atoms with Crippen LogP contribution in [0.4, 0.5) is 4.39 Å². The van der Waals surface area contributed by atoms with Gasteiger partial charge in [-0.2, -0.15) is 0 Å². The molecule has 1 saturated carbocycles. The van der Waals surface area contributed by atoms with E-state index in [-0.39, 0.29) is 11.0 Å². The number of pyridine rings is 2. The fourth-order valence-corrected chi connectivity index (χ4v) is 5.18. The van der Waals surface area contributed by atoms with Gasteiger partial charge < -0.3 is 9.67 Å². The SMILES string of the molecule is CC1CCC(Cn2c(C(O)c3ncccc3F)cc3nc(Cl)nc(-c4cncc(Cl)c4)c32)CC1. The number of rotatable bonds is 5. The van der Waals surface area contributed by atoms with Crippen LogP contribution in [0.3, 0.4) is 0 Å². The maximum atomic E-state index is 14.6. The second-order valence-corrected chi connectivity index (χ2v) is 9.82. The fourth-order valence-electron chi connectivity index (χ4n) is 4.83. The van der Waals surface area contributed by atoms with Gasteiger partial charge in [0.25, 0.3) is 0 Å². The minimum absolute atomic E-state index is 0.0335. The maximum Gasteiger partial charge on any atom is 0.223 e. The Morgan fingerprint density at radius 2 is 1.94 bits per heavy atom. The van der Waals surface area contributed by atoms with E-state index in [1.807, 2.05) is 4.57 Å². The number of aliphatic hydroxyl groups is 1. The largest absolute Gasteiger partial charge is 0.380 e. The molecule has 34 heavy (non-hydrogen) atoms. The molecule has 1 atom stereocenters. The van der Waals surface area contributed by atoms with Crippen molar-refractivity contribution in [3.05, 3.63) is 70.4 Å². The van der Waals surface area contributed by atoms with Gasteiger partial charge in [-0.3, -0.25) is 9.97 Å². The lowest BCUT2D eigenvalue weighted by Crippen LogP contribution is -2.20. The topological polar surface area (TPSA) is 76.7 Å². The number of halogens is 3. The monoisotopic (exact) mass is 499 g/mol. The van der Waals surface area contributed by atoms with Crippen molar-refractivity contribution >= 4 is 34.2 Å². The normalized spacial score (nSPS) is 19.4. The van der Waals surface area contributed by atoms with Crippen molar-refractivity contribution in [1.29, 1.82) is 0 Å². The average molecular weight is 500 g/mol. The van der Waals surface area contributed by atoms with Crippen LogP contribution in [-0.4, -0.2) is 29.6 Å². The molecule has 1 N–H and O–H groups in total. The van der Waals surface area contributed by atoms with E-state index in [4.69, 9.17) is 23.2 Å². The van der Waals surface area contributed by atoms with Crippen molar-refractivity contribution in [3.63, 3.8) is 0 Å². The van der Waals surface area contributed by atoms with E-state index in [2.05, 4.69) is 26.9 Å². The highest BCUT2D eigenvalue weighted by atomic mass is 35.5. The molecular weight excluding hydrogens is 476 g/mol. The zero-order valence-corrected chi connectivity index (χ0v) is 20.1. The average Bonchev–Trinajstić information content (AvgIpc) is 3.17. The third kappa shape index (κ3) is 4.52. The molecule has 6 nitrogen and oxygen atoms in total. The molecule has 9 heteroatoms. The number of nitrogens with zero attached hydrogens (tertiary/aromatic N) is 5. The van der Waals surface area contributed by atoms with E-state index < -0.39 is 11.9 Å². The summed E-state index contributed by atoms with van der Waals surface area (Å²) < 4.78 is 16.6. The number of aromatic nitrogens is 5. The van der Waals surface area contributed by atoms with E-state index in [0.29, 0.717) is 51.4 Å². The quantitative estimate of drug-likeness (QED) is 0.328.